The average Bonchev–Trinajstić information content (AvgIpc) is 2.75. The molecule has 2 amide bonds. The highest BCUT2D eigenvalue weighted by atomic mass is 16.2. The Labute approximate surface area is 167 Å². The van der Waals surface area contributed by atoms with Crippen LogP contribution in [-0.2, 0) is 16.0 Å². The Kier molecular flexibility index (Phi) is 6.82. The summed E-state index contributed by atoms with van der Waals surface area (Å²) >= 11 is 0. The zero-order chi connectivity index (χ0) is 19.9. The van der Waals surface area contributed by atoms with Gasteiger partial charge in [-0.05, 0) is 37.0 Å². The molecular weight excluding hydrogens is 350 g/mol. The first-order chi connectivity index (χ1) is 13.6. The summed E-state index contributed by atoms with van der Waals surface area (Å²) in [7, 11) is 0. The molecule has 2 aromatic carbocycles. The number of amides is 2. The maximum Gasteiger partial charge on any atom is 0.239 e. The zero-order valence-electron chi connectivity index (χ0n) is 16.5. The van der Waals surface area contributed by atoms with E-state index in [0.29, 0.717) is 25.9 Å². The number of para-hydroxylation sites is 1. The first-order valence-corrected chi connectivity index (χ1v) is 10.1. The molecule has 28 heavy (non-hydrogen) atoms. The molecule has 1 fully saturated rings. The van der Waals surface area contributed by atoms with Crippen molar-refractivity contribution >= 4 is 17.5 Å². The Balaban J connectivity index is 1.61. The van der Waals surface area contributed by atoms with Gasteiger partial charge < -0.3 is 15.5 Å². The highest BCUT2D eigenvalue weighted by molar-refractivity contribution is 5.93. The number of carbonyl (C=O) groups is 2. The van der Waals surface area contributed by atoms with E-state index >= 15 is 0 Å². The van der Waals surface area contributed by atoms with Crippen LogP contribution in [0.15, 0.2) is 60.7 Å². The van der Waals surface area contributed by atoms with Gasteiger partial charge in [-0.15, -0.1) is 0 Å². The van der Waals surface area contributed by atoms with E-state index in [0.717, 1.165) is 24.1 Å². The number of anilines is 1. The molecule has 0 aliphatic carbocycles. The summed E-state index contributed by atoms with van der Waals surface area (Å²) in [6.45, 7) is 3.15. The Bertz CT molecular complexity index is 771. The van der Waals surface area contributed by atoms with E-state index in [1.165, 1.54) is 0 Å². The SMILES string of the molecule is CCC(=O)N(c1ccccc1)C1CCN(C(=O)[C@@H](N)Cc2ccccc2)CC1. The van der Waals surface area contributed by atoms with Crippen LogP contribution in [0.2, 0.25) is 0 Å². The van der Waals surface area contributed by atoms with E-state index < -0.39 is 6.04 Å². The second kappa shape index (κ2) is 9.51. The van der Waals surface area contributed by atoms with Crippen molar-refractivity contribution in [3.63, 3.8) is 0 Å². The molecule has 1 heterocycles. The van der Waals surface area contributed by atoms with Gasteiger partial charge in [0.25, 0.3) is 0 Å². The average molecular weight is 380 g/mol. The van der Waals surface area contributed by atoms with Crippen LogP contribution in [0.5, 0.6) is 0 Å². The lowest BCUT2D eigenvalue weighted by Gasteiger charge is -2.39. The topological polar surface area (TPSA) is 66.6 Å². The standard InChI is InChI=1S/C23H29N3O2/c1-2-22(27)26(19-11-7-4-8-12-19)20-13-15-25(16-14-20)23(28)21(24)17-18-9-5-3-6-10-18/h3-12,20-21H,2,13-17,24H2,1H3/t21-/m0/s1. The Hall–Kier alpha value is -2.66. The monoisotopic (exact) mass is 379 g/mol. The van der Waals surface area contributed by atoms with E-state index in [1.54, 1.807) is 0 Å². The quantitative estimate of drug-likeness (QED) is 0.839. The number of nitrogens with two attached hydrogens (primary N) is 1. The number of rotatable bonds is 6. The van der Waals surface area contributed by atoms with Gasteiger partial charge in [0.15, 0.2) is 0 Å². The predicted octanol–water partition coefficient (Wildman–Crippen LogP) is 2.99. The first-order valence-electron chi connectivity index (χ1n) is 10.1. The molecule has 1 aliphatic rings. The molecule has 148 valence electrons. The van der Waals surface area contributed by atoms with Crippen LogP contribution >= 0.6 is 0 Å². The second-order valence-corrected chi connectivity index (χ2v) is 7.31. The fourth-order valence-electron chi connectivity index (χ4n) is 3.85. The van der Waals surface area contributed by atoms with E-state index in [1.807, 2.05) is 77.4 Å². The lowest BCUT2D eigenvalue weighted by molar-refractivity contribution is -0.133. The fraction of sp³-hybridized carbons (Fsp3) is 0.391. The molecule has 3 rings (SSSR count). The summed E-state index contributed by atoms with van der Waals surface area (Å²) in [6.07, 6.45) is 2.55. The summed E-state index contributed by atoms with van der Waals surface area (Å²) in [6, 6.07) is 19.3. The van der Waals surface area contributed by atoms with Gasteiger partial charge in [-0.1, -0.05) is 55.5 Å². The van der Waals surface area contributed by atoms with Crippen molar-refractivity contribution in [2.75, 3.05) is 18.0 Å². The van der Waals surface area contributed by atoms with Crippen molar-refractivity contribution in [1.82, 2.24) is 4.90 Å². The van der Waals surface area contributed by atoms with Crippen molar-refractivity contribution in [1.29, 1.82) is 0 Å². The van der Waals surface area contributed by atoms with Crippen molar-refractivity contribution in [3.05, 3.63) is 66.2 Å². The minimum atomic E-state index is -0.526. The fourth-order valence-corrected chi connectivity index (χ4v) is 3.85. The molecule has 0 spiro atoms. The van der Waals surface area contributed by atoms with Crippen molar-refractivity contribution in [3.8, 4) is 0 Å². The van der Waals surface area contributed by atoms with Crippen molar-refractivity contribution < 1.29 is 9.59 Å². The van der Waals surface area contributed by atoms with Gasteiger partial charge in [-0.25, -0.2) is 0 Å². The molecule has 2 N–H and O–H groups in total. The number of piperidine rings is 1. The minimum absolute atomic E-state index is 0.00428. The molecule has 2 aromatic rings. The number of benzene rings is 2. The van der Waals surface area contributed by atoms with Crippen LogP contribution in [0.3, 0.4) is 0 Å². The van der Waals surface area contributed by atoms with Crippen LogP contribution in [0.4, 0.5) is 5.69 Å². The Morgan fingerprint density at radius 2 is 1.61 bits per heavy atom. The maximum atomic E-state index is 12.8. The number of hydrogen-bond acceptors (Lipinski definition) is 3. The van der Waals surface area contributed by atoms with Crippen molar-refractivity contribution in [2.45, 2.75) is 44.7 Å². The number of likely N-dealkylation sites (tertiary alicyclic amines) is 1. The summed E-state index contributed by atoms with van der Waals surface area (Å²) in [5, 5.41) is 0. The van der Waals surface area contributed by atoms with Crippen LogP contribution in [0.25, 0.3) is 0 Å². The molecule has 0 bridgehead atoms. The van der Waals surface area contributed by atoms with Crippen molar-refractivity contribution in [2.24, 2.45) is 5.73 Å². The molecule has 5 heteroatoms. The van der Waals surface area contributed by atoms with E-state index in [-0.39, 0.29) is 17.9 Å². The molecule has 1 saturated heterocycles. The first kappa shape index (κ1) is 20.1. The van der Waals surface area contributed by atoms with Crippen LogP contribution < -0.4 is 10.6 Å². The third kappa shape index (κ3) is 4.78. The highest BCUT2D eigenvalue weighted by Gasteiger charge is 2.31. The van der Waals surface area contributed by atoms with Crippen LogP contribution in [-0.4, -0.2) is 41.9 Å². The predicted molar refractivity (Wildman–Crippen MR) is 112 cm³/mol. The van der Waals surface area contributed by atoms with Gasteiger partial charge >= 0.3 is 0 Å². The van der Waals surface area contributed by atoms with Crippen LogP contribution in [0, 0.1) is 0 Å². The second-order valence-electron chi connectivity index (χ2n) is 7.31. The zero-order valence-corrected chi connectivity index (χ0v) is 16.5. The molecule has 0 aromatic heterocycles. The summed E-state index contributed by atoms with van der Waals surface area (Å²) in [5.74, 6) is 0.118. The van der Waals surface area contributed by atoms with Gasteiger partial charge in [0.2, 0.25) is 11.8 Å². The molecule has 0 unspecified atom stereocenters. The lowest BCUT2D eigenvalue weighted by atomic mass is 9.99. The van der Waals surface area contributed by atoms with Gasteiger partial charge in [0.1, 0.15) is 0 Å². The summed E-state index contributed by atoms with van der Waals surface area (Å²) < 4.78 is 0. The van der Waals surface area contributed by atoms with E-state index in [4.69, 9.17) is 5.73 Å². The summed E-state index contributed by atoms with van der Waals surface area (Å²) in [4.78, 5) is 29.1. The number of carbonyl (C=O) groups excluding carboxylic acids is 2. The molecule has 5 nitrogen and oxygen atoms in total. The normalized spacial score (nSPS) is 15.9. The van der Waals surface area contributed by atoms with E-state index in [9.17, 15) is 9.59 Å². The van der Waals surface area contributed by atoms with Gasteiger partial charge in [-0.3, -0.25) is 9.59 Å². The molecule has 1 atom stereocenters. The summed E-state index contributed by atoms with van der Waals surface area (Å²) in [5.41, 5.74) is 8.18. The number of hydrogen-bond donors (Lipinski definition) is 1. The van der Waals surface area contributed by atoms with E-state index in [2.05, 4.69) is 0 Å². The number of nitrogens with zero attached hydrogens (tertiary/aromatic N) is 2. The largest absolute Gasteiger partial charge is 0.341 e. The Morgan fingerprint density at radius 3 is 2.18 bits per heavy atom. The van der Waals surface area contributed by atoms with Gasteiger partial charge in [-0.2, -0.15) is 0 Å². The minimum Gasteiger partial charge on any atom is -0.341 e. The molecule has 0 saturated carbocycles. The lowest BCUT2D eigenvalue weighted by Crippen LogP contribution is -2.52. The van der Waals surface area contributed by atoms with Gasteiger partial charge in [0.05, 0.1) is 6.04 Å². The van der Waals surface area contributed by atoms with Gasteiger partial charge in [0, 0.05) is 31.2 Å². The molecule has 0 radical (unpaired) electrons. The highest BCUT2D eigenvalue weighted by Crippen LogP contribution is 2.25. The molecule has 1 aliphatic heterocycles. The van der Waals surface area contributed by atoms with Crippen LogP contribution in [0.1, 0.15) is 31.7 Å². The third-order valence-corrected chi connectivity index (χ3v) is 5.36. The maximum absolute atomic E-state index is 12.8. The third-order valence-electron chi connectivity index (χ3n) is 5.36. The Morgan fingerprint density at radius 1 is 1.04 bits per heavy atom. The molecular formula is C23H29N3O2. The smallest absolute Gasteiger partial charge is 0.239 e.